The van der Waals surface area contributed by atoms with Gasteiger partial charge in [-0.05, 0) is 67.6 Å². The highest BCUT2D eigenvalue weighted by atomic mass is 32.1. The number of amides is 2. The Morgan fingerprint density at radius 3 is 2.50 bits per heavy atom. The molecule has 0 unspecified atom stereocenters. The Labute approximate surface area is 178 Å². The molecule has 2 amide bonds. The van der Waals surface area contributed by atoms with E-state index >= 15 is 0 Å². The number of carbonyl (C=O) groups is 2. The number of nitrogens with zero attached hydrogens (tertiary/aromatic N) is 2. The SMILES string of the molecule is N#Cc1ccc(C(=O)Nc2sc3c(c2C(=O)Nc2ccccn2)CCCCC3)cc1. The fourth-order valence-corrected chi connectivity index (χ4v) is 4.84. The molecule has 0 spiro atoms. The van der Waals surface area contributed by atoms with Crippen molar-refractivity contribution in [1.29, 1.82) is 5.26 Å². The lowest BCUT2D eigenvalue weighted by Crippen LogP contribution is -2.18. The smallest absolute Gasteiger partial charge is 0.260 e. The normalized spacial score (nSPS) is 12.9. The van der Waals surface area contributed by atoms with E-state index in [0.717, 1.165) is 42.5 Å². The van der Waals surface area contributed by atoms with Crippen LogP contribution in [0.4, 0.5) is 10.8 Å². The number of nitrogens with one attached hydrogen (secondary N) is 2. The van der Waals surface area contributed by atoms with Crippen LogP contribution in [0.25, 0.3) is 0 Å². The van der Waals surface area contributed by atoms with Crippen LogP contribution in [0.2, 0.25) is 0 Å². The maximum absolute atomic E-state index is 13.1. The number of benzene rings is 1. The molecule has 1 aliphatic carbocycles. The summed E-state index contributed by atoms with van der Waals surface area (Å²) in [6.45, 7) is 0. The second kappa shape index (κ2) is 8.89. The topological polar surface area (TPSA) is 94.9 Å². The van der Waals surface area contributed by atoms with Gasteiger partial charge in [0, 0.05) is 16.6 Å². The minimum absolute atomic E-state index is 0.261. The third-order valence-corrected chi connectivity index (χ3v) is 6.27. The van der Waals surface area contributed by atoms with Gasteiger partial charge in [-0.15, -0.1) is 11.3 Å². The Morgan fingerprint density at radius 2 is 1.77 bits per heavy atom. The Balaban J connectivity index is 1.65. The Hall–Kier alpha value is -3.50. The van der Waals surface area contributed by atoms with Crippen molar-refractivity contribution in [2.75, 3.05) is 10.6 Å². The van der Waals surface area contributed by atoms with Crippen LogP contribution >= 0.6 is 11.3 Å². The number of fused-ring (bicyclic) bond motifs is 1. The van der Waals surface area contributed by atoms with Crippen LogP contribution in [0.15, 0.2) is 48.7 Å². The van der Waals surface area contributed by atoms with Crippen LogP contribution in [0, 0.1) is 11.3 Å². The highest BCUT2D eigenvalue weighted by molar-refractivity contribution is 7.17. The summed E-state index contributed by atoms with van der Waals surface area (Å²) in [4.78, 5) is 31.3. The highest BCUT2D eigenvalue weighted by Crippen LogP contribution is 2.38. The largest absolute Gasteiger partial charge is 0.313 e. The summed E-state index contributed by atoms with van der Waals surface area (Å²) < 4.78 is 0. The zero-order valence-corrected chi connectivity index (χ0v) is 17.1. The number of aryl methyl sites for hydroxylation is 1. The van der Waals surface area contributed by atoms with E-state index in [-0.39, 0.29) is 11.8 Å². The Bertz CT molecular complexity index is 1110. The van der Waals surface area contributed by atoms with Gasteiger partial charge in [0.2, 0.25) is 0 Å². The molecule has 0 saturated heterocycles. The van der Waals surface area contributed by atoms with Crippen LogP contribution in [-0.4, -0.2) is 16.8 Å². The van der Waals surface area contributed by atoms with E-state index in [1.165, 1.54) is 11.3 Å². The number of pyridine rings is 1. The molecule has 4 rings (SSSR count). The van der Waals surface area contributed by atoms with Crippen molar-refractivity contribution in [1.82, 2.24) is 4.98 Å². The van der Waals surface area contributed by atoms with E-state index in [4.69, 9.17) is 5.26 Å². The minimum Gasteiger partial charge on any atom is -0.313 e. The number of aromatic nitrogens is 1. The lowest BCUT2D eigenvalue weighted by atomic mass is 10.0. The van der Waals surface area contributed by atoms with E-state index in [9.17, 15) is 9.59 Å². The predicted molar refractivity (Wildman–Crippen MR) is 117 cm³/mol. The molecule has 0 atom stereocenters. The molecule has 0 saturated carbocycles. The average Bonchev–Trinajstić information content (AvgIpc) is 2.94. The Kier molecular flexibility index (Phi) is 5.87. The van der Waals surface area contributed by atoms with Gasteiger partial charge in [0.15, 0.2) is 0 Å². The van der Waals surface area contributed by atoms with Gasteiger partial charge in [0.25, 0.3) is 11.8 Å². The number of hydrogen-bond donors (Lipinski definition) is 2. The van der Waals surface area contributed by atoms with Gasteiger partial charge in [-0.3, -0.25) is 9.59 Å². The molecule has 2 N–H and O–H groups in total. The summed E-state index contributed by atoms with van der Waals surface area (Å²) in [7, 11) is 0. The van der Waals surface area contributed by atoms with Gasteiger partial charge in [0.05, 0.1) is 17.2 Å². The molecule has 2 aromatic heterocycles. The summed E-state index contributed by atoms with van der Waals surface area (Å²) >= 11 is 1.48. The molecule has 0 bridgehead atoms. The van der Waals surface area contributed by atoms with Gasteiger partial charge in [0.1, 0.15) is 10.8 Å². The number of hydrogen-bond acceptors (Lipinski definition) is 5. The molecule has 0 fully saturated rings. The summed E-state index contributed by atoms with van der Waals surface area (Å²) in [5, 5.41) is 15.3. The number of nitriles is 1. The summed E-state index contributed by atoms with van der Waals surface area (Å²) in [6, 6.07) is 13.8. The van der Waals surface area contributed by atoms with Gasteiger partial charge in [-0.1, -0.05) is 12.5 Å². The second-order valence-corrected chi connectivity index (χ2v) is 8.19. The molecule has 1 aromatic carbocycles. The van der Waals surface area contributed by atoms with Crippen LogP contribution in [-0.2, 0) is 12.8 Å². The maximum atomic E-state index is 13.1. The van der Waals surface area contributed by atoms with Crippen molar-refractivity contribution in [3.05, 3.63) is 75.8 Å². The molecule has 0 aliphatic heterocycles. The van der Waals surface area contributed by atoms with Crippen molar-refractivity contribution in [2.24, 2.45) is 0 Å². The van der Waals surface area contributed by atoms with E-state index in [0.29, 0.717) is 27.5 Å². The summed E-state index contributed by atoms with van der Waals surface area (Å²) in [5.74, 6) is -0.0912. The standard InChI is InChI=1S/C23H20N4O2S/c24-14-15-9-11-16(12-10-15)21(28)27-23-20(17-6-2-1-3-7-18(17)30-23)22(29)26-19-8-4-5-13-25-19/h4-5,8-13H,1-3,6-7H2,(H,27,28)(H,25,26,29). The number of anilines is 2. The van der Waals surface area contributed by atoms with Crippen LogP contribution in [0.1, 0.15) is 56.0 Å². The molecule has 1 aliphatic rings. The molecule has 0 radical (unpaired) electrons. The third kappa shape index (κ3) is 4.24. The van der Waals surface area contributed by atoms with E-state index in [1.807, 2.05) is 12.1 Å². The zero-order valence-electron chi connectivity index (χ0n) is 16.3. The predicted octanol–water partition coefficient (Wildman–Crippen LogP) is 4.79. The fourth-order valence-electron chi connectivity index (χ4n) is 3.56. The number of rotatable bonds is 4. The van der Waals surface area contributed by atoms with Crippen molar-refractivity contribution in [3.63, 3.8) is 0 Å². The maximum Gasteiger partial charge on any atom is 0.260 e. The average molecular weight is 417 g/mol. The second-order valence-electron chi connectivity index (χ2n) is 7.08. The molecular weight excluding hydrogens is 396 g/mol. The molecule has 2 heterocycles. The number of carbonyl (C=O) groups excluding carboxylic acids is 2. The summed E-state index contributed by atoms with van der Waals surface area (Å²) in [5.41, 5.74) is 2.49. The first-order valence-corrected chi connectivity index (χ1v) is 10.7. The molecule has 7 heteroatoms. The molecule has 30 heavy (non-hydrogen) atoms. The first-order valence-electron chi connectivity index (χ1n) is 9.84. The minimum atomic E-state index is -0.303. The lowest BCUT2D eigenvalue weighted by Gasteiger charge is -2.10. The molecule has 150 valence electrons. The van der Waals surface area contributed by atoms with Crippen LogP contribution in [0.3, 0.4) is 0 Å². The monoisotopic (exact) mass is 416 g/mol. The first kappa shape index (κ1) is 19.8. The van der Waals surface area contributed by atoms with Gasteiger partial charge in [-0.25, -0.2) is 4.98 Å². The molecular formula is C23H20N4O2S. The summed E-state index contributed by atoms with van der Waals surface area (Å²) in [6.07, 6.45) is 6.60. The highest BCUT2D eigenvalue weighted by Gasteiger charge is 2.26. The van der Waals surface area contributed by atoms with Crippen molar-refractivity contribution in [2.45, 2.75) is 32.1 Å². The number of thiophene rings is 1. The van der Waals surface area contributed by atoms with Crippen molar-refractivity contribution in [3.8, 4) is 6.07 Å². The van der Waals surface area contributed by atoms with Gasteiger partial charge >= 0.3 is 0 Å². The zero-order chi connectivity index (χ0) is 20.9. The van der Waals surface area contributed by atoms with Crippen molar-refractivity contribution < 1.29 is 9.59 Å². The van der Waals surface area contributed by atoms with E-state index in [2.05, 4.69) is 15.6 Å². The fraction of sp³-hybridized carbons (Fsp3) is 0.217. The van der Waals surface area contributed by atoms with Crippen molar-refractivity contribution >= 4 is 34.0 Å². The van der Waals surface area contributed by atoms with E-state index < -0.39 is 0 Å². The van der Waals surface area contributed by atoms with Gasteiger partial charge in [-0.2, -0.15) is 5.26 Å². The Morgan fingerprint density at radius 1 is 0.967 bits per heavy atom. The lowest BCUT2D eigenvalue weighted by molar-refractivity contribution is 0.102. The van der Waals surface area contributed by atoms with Crippen LogP contribution < -0.4 is 10.6 Å². The molecule has 6 nitrogen and oxygen atoms in total. The van der Waals surface area contributed by atoms with Crippen LogP contribution in [0.5, 0.6) is 0 Å². The van der Waals surface area contributed by atoms with Gasteiger partial charge < -0.3 is 10.6 Å². The quantitative estimate of drug-likeness (QED) is 0.598. The first-order chi connectivity index (χ1) is 14.7. The molecule has 3 aromatic rings. The third-order valence-electron chi connectivity index (χ3n) is 5.06. The van der Waals surface area contributed by atoms with E-state index in [1.54, 1.807) is 42.6 Å².